The van der Waals surface area contributed by atoms with Gasteiger partial charge in [-0.15, -0.1) is 0 Å². The number of sulfonamides is 1. The predicted octanol–water partition coefficient (Wildman–Crippen LogP) is 2.82. The van der Waals surface area contributed by atoms with Crippen LogP contribution in [0.4, 0.5) is 5.69 Å². The van der Waals surface area contributed by atoms with Gasteiger partial charge in [-0.05, 0) is 42.8 Å². The molecule has 0 saturated heterocycles. The Morgan fingerprint density at radius 1 is 1.23 bits per heavy atom. The lowest BCUT2D eigenvalue weighted by Gasteiger charge is -2.28. The van der Waals surface area contributed by atoms with Crippen LogP contribution in [0.2, 0.25) is 5.02 Å². The Hall–Kier alpha value is -2.25. The van der Waals surface area contributed by atoms with Crippen LogP contribution in [0.25, 0.3) is 0 Å². The van der Waals surface area contributed by atoms with E-state index in [4.69, 9.17) is 16.3 Å². The molecule has 0 aliphatic rings. The van der Waals surface area contributed by atoms with Gasteiger partial charge in [-0.3, -0.25) is 9.10 Å². The first kappa shape index (κ1) is 20.1. The highest BCUT2D eigenvalue weighted by atomic mass is 35.5. The molecule has 2 rings (SSSR count). The summed E-state index contributed by atoms with van der Waals surface area (Å²) in [4.78, 5) is 12.5. The number of benzene rings is 2. The van der Waals surface area contributed by atoms with Gasteiger partial charge in [-0.25, -0.2) is 8.42 Å². The minimum absolute atomic E-state index is 0.278. The molecule has 8 heteroatoms. The van der Waals surface area contributed by atoms with Gasteiger partial charge >= 0.3 is 0 Å². The van der Waals surface area contributed by atoms with E-state index in [9.17, 15) is 13.2 Å². The highest BCUT2D eigenvalue weighted by molar-refractivity contribution is 7.92. The van der Waals surface area contributed by atoms with E-state index < -0.39 is 22.0 Å². The molecule has 0 bridgehead atoms. The van der Waals surface area contributed by atoms with Gasteiger partial charge in [0.1, 0.15) is 11.8 Å². The van der Waals surface area contributed by atoms with Gasteiger partial charge in [0.05, 0.1) is 19.1 Å². The van der Waals surface area contributed by atoms with Gasteiger partial charge in [-0.2, -0.15) is 0 Å². The van der Waals surface area contributed by atoms with E-state index in [2.05, 4.69) is 5.32 Å². The number of methoxy groups -OCH3 is 1. The van der Waals surface area contributed by atoms with Gasteiger partial charge < -0.3 is 10.1 Å². The maximum Gasteiger partial charge on any atom is 0.243 e. The Kier molecular flexibility index (Phi) is 6.50. The molecular formula is C18H21ClN2O4S. The number of halogens is 1. The fourth-order valence-corrected chi connectivity index (χ4v) is 3.85. The molecule has 0 aliphatic carbocycles. The fraction of sp³-hybridized carbons (Fsp3) is 0.278. The molecule has 1 N–H and O–H groups in total. The zero-order chi connectivity index (χ0) is 19.3. The molecule has 0 radical (unpaired) electrons. The van der Waals surface area contributed by atoms with Gasteiger partial charge in [0, 0.05) is 11.6 Å². The molecule has 0 fully saturated rings. The lowest BCUT2D eigenvalue weighted by atomic mass is 10.2. The maximum atomic E-state index is 12.5. The average Bonchev–Trinajstić information content (AvgIpc) is 2.59. The van der Waals surface area contributed by atoms with Crippen molar-refractivity contribution < 1.29 is 17.9 Å². The third kappa shape index (κ3) is 5.12. The van der Waals surface area contributed by atoms with Crippen molar-refractivity contribution >= 4 is 33.2 Å². The number of ether oxygens (including phenoxy) is 1. The second-order valence-corrected chi connectivity index (χ2v) is 8.08. The third-order valence-electron chi connectivity index (χ3n) is 3.78. The summed E-state index contributed by atoms with van der Waals surface area (Å²) in [5, 5.41) is 3.15. The number of hydrogen-bond donors (Lipinski definition) is 1. The van der Waals surface area contributed by atoms with E-state index in [0.717, 1.165) is 21.9 Å². The molecule has 6 nitrogen and oxygen atoms in total. The van der Waals surface area contributed by atoms with Gasteiger partial charge in [0.15, 0.2) is 0 Å². The Morgan fingerprint density at radius 2 is 1.88 bits per heavy atom. The molecule has 2 aromatic rings. The van der Waals surface area contributed by atoms with E-state index in [0.29, 0.717) is 10.7 Å². The van der Waals surface area contributed by atoms with Crippen molar-refractivity contribution in [2.24, 2.45) is 0 Å². The maximum absolute atomic E-state index is 12.5. The average molecular weight is 397 g/mol. The number of carbonyl (C=O) groups excluding carboxylic acids is 1. The second kappa shape index (κ2) is 8.42. The zero-order valence-corrected chi connectivity index (χ0v) is 16.3. The first-order chi connectivity index (χ1) is 12.2. The second-order valence-electron chi connectivity index (χ2n) is 5.78. The number of amides is 1. The van der Waals surface area contributed by atoms with Crippen LogP contribution in [0.15, 0.2) is 48.5 Å². The summed E-state index contributed by atoms with van der Waals surface area (Å²) < 4.78 is 30.6. The third-order valence-corrected chi connectivity index (χ3v) is 5.25. The first-order valence-corrected chi connectivity index (χ1v) is 10.1. The Balaban J connectivity index is 2.14. The van der Waals surface area contributed by atoms with Crippen LogP contribution >= 0.6 is 11.6 Å². The molecule has 140 valence electrons. The topological polar surface area (TPSA) is 75.7 Å². The van der Waals surface area contributed by atoms with Gasteiger partial charge in [-0.1, -0.05) is 29.8 Å². The highest BCUT2D eigenvalue weighted by Gasteiger charge is 2.29. The van der Waals surface area contributed by atoms with E-state index >= 15 is 0 Å². The summed E-state index contributed by atoms with van der Waals surface area (Å²) in [6, 6.07) is 12.7. The van der Waals surface area contributed by atoms with Crippen molar-refractivity contribution in [1.82, 2.24) is 5.32 Å². The van der Waals surface area contributed by atoms with Crippen molar-refractivity contribution in [1.29, 1.82) is 0 Å². The van der Waals surface area contributed by atoms with Crippen LogP contribution in [0, 0.1) is 0 Å². The Morgan fingerprint density at radius 3 is 2.42 bits per heavy atom. The molecule has 0 unspecified atom stereocenters. The van der Waals surface area contributed by atoms with Gasteiger partial charge in [0.2, 0.25) is 15.9 Å². The standard InChI is InChI=1S/C18H21ClN2O4S/c1-13(18(22)20-12-14-7-9-17(25-2)10-8-14)21(26(3,23)24)16-6-4-5-15(19)11-16/h4-11,13H,12H2,1-3H3,(H,20,22)/t13-/m0/s1. The van der Waals surface area contributed by atoms with Crippen LogP contribution in [-0.4, -0.2) is 33.7 Å². The largest absolute Gasteiger partial charge is 0.497 e. The number of carbonyl (C=O) groups is 1. The smallest absolute Gasteiger partial charge is 0.243 e. The lowest BCUT2D eigenvalue weighted by molar-refractivity contribution is -0.122. The van der Waals surface area contributed by atoms with Crippen molar-refractivity contribution in [3.8, 4) is 5.75 Å². The number of hydrogen-bond acceptors (Lipinski definition) is 4. The van der Waals surface area contributed by atoms with Crippen molar-refractivity contribution in [3.05, 3.63) is 59.1 Å². The molecule has 0 aliphatic heterocycles. The molecule has 26 heavy (non-hydrogen) atoms. The monoisotopic (exact) mass is 396 g/mol. The van der Waals surface area contributed by atoms with E-state index in [1.54, 1.807) is 37.4 Å². The summed E-state index contributed by atoms with van der Waals surface area (Å²) in [5.74, 6) is 0.309. The normalized spacial score (nSPS) is 12.3. The quantitative estimate of drug-likeness (QED) is 0.780. The summed E-state index contributed by atoms with van der Waals surface area (Å²) >= 11 is 5.96. The van der Waals surface area contributed by atoms with Crippen LogP contribution in [0.3, 0.4) is 0 Å². The number of anilines is 1. The first-order valence-electron chi connectivity index (χ1n) is 7.88. The fourth-order valence-electron chi connectivity index (χ4n) is 2.50. The van der Waals surface area contributed by atoms with Gasteiger partial charge in [0.25, 0.3) is 0 Å². The number of rotatable bonds is 7. The van der Waals surface area contributed by atoms with Crippen LogP contribution < -0.4 is 14.4 Å². The summed E-state index contributed by atoms with van der Waals surface area (Å²) in [6.07, 6.45) is 1.06. The minimum atomic E-state index is -3.67. The highest BCUT2D eigenvalue weighted by Crippen LogP contribution is 2.24. The lowest BCUT2D eigenvalue weighted by Crippen LogP contribution is -2.47. The predicted molar refractivity (Wildman–Crippen MR) is 103 cm³/mol. The molecule has 0 spiro atoms. The minimum Gasteiger partial charge on any atom is -0.497 e. The molecule has 0 aromatic heterocycles. The molecule has 1 atom stereocenters. The molecule has 0 heterocycles. The summed E-state index contributed by atoms with van der Waals surface area (Å²) in [5.41, 5.74) is 1.21. The molecule has 1 amide bonds. The van der Waals surface area contributed by atoms with Crippen LogP contribution in [0.1, 0.15) is 12.5 Å². The van der Waals surface area contributed by atoms with E-state index in [1.807, 2.05) is 12.1 Å². The van der Waals surface area contributed by atoms with E-state index in [1.165, 1.54) is 13.0 Å². The number of nitrogens with one attached hydrogen (secondary N) is 1. The van der Waals surface area contributed by atoms with Crippen LogP contribution in [-0.2, 0) is 21.4 Å². The zero-order valence-electron chi connectivity index (χ0n) is 14.8. The van der Waals surface area contributed by atoms with Crippen molar-refractivity contribution in [2.75, 3.05) is 17.7 Å². The van der Waals surface area contributed by atoms with Crippen LogP contribution in [0.5, 0.6) is 5.75 Å². The Bertz CT molecular complexity index is 869. The SMILES string of the molecule is COc1ccc(CNC(=O)[C@H](C)N(c2cccc(Cl)c2)S(C)(=O)=O)cc1. The summed E-state index contributed by atoms with van der Waals surface area (Å²) in [7, 11) is -2.10. The molecular weight excluding hydrogens is 376 g/mol. The van der Waals surface area contributed by atoms with E-state index in [-0.39, 0.29) is 6.54 Å². The number of nitrogens with zero attached hydrogens (tertiary/aromatic N) is 1. The summed E-state index contributed by atoms with van der Waals surface area (Å²) in [6.45, 7) is 1.81. The Labute approximate surface area is 158 Å². The molecule has 2 aromatic carbocycles. The van der Waals surface area contributed by atoms with Crippen molar-refractivity contribution in [3.63, 3.8) is 0 Å². The molecule has 0 saturated carbocycles. The van der Waals surface area contributed by atoms with Crippen molar-refractivity contribution in [2.45, 2.75) is 19.5 Å².